The van der Waals surface area contributed by atoms with E-state index in [4.69, 9.17) is 9.47 Å². The largest absolute Gasteiger partial charge is 0.444 e. The first-order chi connectivity index (χ1) is 9.49. The minimum Gasteiger partial charge on any atom is -0.444 e. The first kappa shape index (κ1) is 23.1. The van der Waals surface area contributed by atoms with Gasteiger partial charge < -0.3 is 25.4 Å². The van der Waals surface area contributed by atoms with Crippen molar-refractivity contribution in [2.24, 2.45) is 0 Å². The quantitative estimate of drug-likeness (QED) is 0.644. The predicted octanol–water partition coefficient (Wildman–Crippen LogP) is 2.05. The van der Waals surface area contributed by atoms with Gasteiger partial charge in [0.05, 0.1) is 0 Å². The Morgan fingerprint density at radius 2 is 1.05 bits per heavy atom. The molecule has 0 radical (unpaired) electrons. The molecule has 0 saturated carbocycles. The summed E-state index contributed by atoms with van der Waals surface area (Å²) >= 11 is 0. The Labute approximate surface area is 139 Å². The van der Waals surface area contributed by atoms with Crippen LogP contribution < -0.4 is 16.0 Å². The van der Waals surface area contributed by atoms with Crippen LogP contribution >= 0.6 is 12.4 Å². The molecule has 0 aliphatic rings. The van der Waals surface area contributed by atoms with Crippen LogP contribution in [0.1, 0.15) is 41.5 Å². The Hall–Kier alpha value is -1.21. The maximum absolute atomic E-state index is 11.3. The molecule has 0 saturated heterocycles. The normalized spacial score (nSPS) is 11.2. The molecule has 3 N–H and O–H groups in total. The molecule has 0 aromatic rings. The van der Waals surface area contributed by atoms with Crippen molar-refractivity contribution in [3.05, 3.63) is 0 Å². The van der Waals surface area contributed by atoms with Crippen molar-refractivity contribution in [3.8, 4) is 0 Å². The molecule has 0 spiro atoms. The van der Waals surface area contributed by atoms with E-state index in [0.717, 1.165) is 0 Å². The second-order valence-electron chi connectivity index (χ2n) is 6.61. The average Bonchev–Trinajstić information content (AvgIpc) is 2.22. The Bertz CT molecular complexity index is 306. The molecule has 0 heterocycles. The van der Waals surface area contributed by atoms with Gasteiger partial charge in [0.2, 0.25) is 0 Å². The number of carbonyl (C=O) groups is 2. The summed E-state index contributed by atoms with van der Waals surface area (Å²) in [6.45, 7) is 13.0. The number of ether oxygens (including phenoxy) is 2. The number of amides is 2. The maximum atomic E-state index is 11.3. The molecule has 0 aromatic heterocycles. The minimum atomic E-state index is -0.491. The van der Waals surface area contributed by atoms with Gasteiger partial charge in [-0.05, 0) is 41.5 Å². The van der Waals surface area contributed by atoms with E-state index in [0.29, 0.717) is 26.2 Å². The van der Waals surface area contributed by atoms with Gasteiger partial charge in [-0.25, -0.2) is 9.59 Å². The van der Waals surface area contributed by atoms with E-state index < -0.39 is 23.4 Å². The molecule has 0 aliphatic heterocycles. The van der Waals surface area contributed by atoms with E-state index in [1.165, 1.54) is 0 Å². The molecule has 22 heavy (non-hydrogen) atoms. The van der Waals surface area contributed by atoms with Crippen LogP contribution in [-0.4, -0.2) is 49.6 Å². The zero-order valence-electron chi connectivity index (χ0n) is 14.4. The number of carbonyl (C=O) groups excluding carboxylic acids is 2. The van der Waals surface area contributed by atoms with Gasteiger partial charge in [-0.1, -0.05) is 0 Å². The van der Waals surface area contributed by atoms with Gasteiger partial charge >= 0.3 is 12.2 Å². The maximum Gasteiger partial charge on any atom is 0.407 e. The highest BCUT2D eigenvalue weighted by Crippen LogP contribution is 2.06. The summed E-state index contributed by atoms with van der Waals surface area (Å²) in [6.07, 6.45) is -0.868. The van der Waals surface area contributed by atoms with E-state index in [9.17, 15) is 9.59 Å². The van der Waals surface area contributed by atoms with Gasteiger partial charge in [-0.15, -0.1) is 12.4 Å². The Morgan fingerprint density at radius 1 is 0.727 bits per heavy atom. The number of rotatable bonds is 6. The number of nitrogens with one attached hydrogen (secondary N) is 3. The Balaban J connectivity index is 0. The summed E-state index contributed by atoms with van der Waals surface area (Å²) in [7, 11) is 0. The molecule has 2 amide bonds. The Morgan fingerprint density at radius 3 is 1.32 bits per heavy atom. The van der Waals surface area contributed by atoms with Gasteiger partial charge in [0.15, 0.2) is 0 Å². The van der Waals surface area contributed by atoms with Crippen LogP contribution in [0.3, 0.4) is 0 Å². The van der Waals surface area contributed by atoms with Crippen molar-refractivity contribution in [1.82, 2.24) is 16.0 Å². The topological polar surface area (TPSA) is 88.7 Å². The number of alkyl carbamates (subject to hydrolysis) is 2. The first-order valence-electron chi connectivity index (χ1n) is 7.14. The fraction of sp³-hybridized carbons (Fsp3) is 0.857. The molecule has 0 unspecified atom stereocenters. The van der Waals surface area contributed by atoms with E-state index in [1.807, 2.05) is 41.5 Å². The summed E-state index contributed by atoms with van der Waals surface area (Å²) in [6, 6.07) is 0. The van der Waals surface area contributed by atoms with Gasteiger partial charge in [0.1, 0.15) is 11.2 Å². The molecule has 0 bridgehead atoms. The minimum absolute atomic E-state index is 0. The summed E-state index contributed by atoms with van der Waals surface area (Å²) in [5.41, 5.74) is -0.982. The molecule has 8 heteroatoms. The molecule has 132 valence electrons. The van der Waals surface area contributed by atoms with Crippen molar-refractivity contribution in [1.29, 1.82) is 0 Å². The van der Waals surface area contributed by atoms with Crippen molar-refractivity contribution in [2.45, 2.75) is 52.7 Å². The number of hydrogen-bond acceptors (Lipinski definition) is 5. The molecule has 7 nitrogen and oxygen atoms in total. The summed E-state index contributed by atoms with van der Waals surface area (Å²) in [5, 5.41) is 8.35. The summed E-state index contributed by atoms with van der Waals surface area (Å²) in [5.74, 6) is 0. The van der Waals surface area contributed by atoms with Gasteiger partial charge in [-0.2, -0.15) is 0 Å². The SMILES string of the molecule is CC(C)(C)OC(=O)NCCNCCNC(=O)OC(C)(C)C.Cl. The van der Waals surface area contributed by atoms with Crippen molar-refractivity contribution in [3.63, 3.8) is 0 Å². The fourth-order valence-corrected chi connectivity index (χ4v) is 1.26. The van der Waals surface area contributed by atoms with E-state index in [1.54, 1.807) is 0 Å². The van der Waals surface area contributed by atoms with Crippen molar-refractivity contribution >= 4 is 24.6 Å². The van der Waals surface area contributed by atoms with Crippen LogP contribution in [0.25, 0.3) is 0 Å². The molecule has 0 atom stereocenters. The van der Waals surface area contributed by atoms with Crippen LogP contribution in [0.2, 0.25) is 0 Å². The van der Waals surface area contributed by atoms with Gasteiger partial charge in [-0.3, -0.25) is 0 Å². The van der Waals surface area contributed by atoms with E-state index >= 15 is 0 Å². The smallest absolute Gasteiger partial charge is 0.407 e. The molecular formula is C14H30ClN3O4. The van der Waals surface area contributed by atoms with Crippen molar-refractivity contribution in [2.75, 3.05) is 26.2 Å². The van der Waals surface area contributed by atoms with Crippen LogP contribution in [0.15, 0.2) is 0 Å². The zero-order valence-corrected chi connectivity index (χ0v) is 15.2. The lowest BCUT2D eigenvalue weighted by Crippen LogP contribution is -2.39. The lowest BCUT2D eigenvalue weighted by atomic mass is 10.2. The third-order valence-corrected chi connectivity index (χ3v) is 1.94. The third kappa shape index (κ3) is 16.8. The highest BCUT2D eigenvalue weighted by Gasteiger charge is 2.16. The second kappa shape index (κ2) is 10.5. The monoisotopic (exact) mass is 339 g/mol. The molecular weight excluding hydrogens is 310 g/mol. The Kier molecular flexibility index (Phi) is 11.0. The molecule has 0 aromatic carbocycles. The molecule has 0 rings (SSSR count). The lowest BCUT2D eigenvalue weighted by molar-refractivity contribution is 0.0520. The van der Waals surface area contributed by atoms with Gasteiger partial charge in [0, 0.05) is 26.2 Å². The zero-order chi connectivity index (χ0) is 16.5. The standard InChI is InChI=1S/C14H29N3O4.ClH/c1-13(2,3)20-11(18)16-9-7-15-8-10-17-12(19)21-14(4,5)6;/h15H,7-10H2,1-6H3,(H,16,18)(H,17,19);1H. The van der Waals surface area contributed by atoms with E-state index in [-0.39, 0.29) is 12.4 Å². The van der Waals surface area contributed by atoms with Crippen LogP contribution in [0.4, 0.5) is 9.59 Å². The lowest BCUT2D eigenvalue weighted by Gasteiger charge is -2.20. The number of hydrogen-bond donors (Lipinski definition) is 3. The van der Waals surface area contributed by atoms with Crippen LogP contribution in [0.5, 0.6) is 0 Å². The molecule has 0 aliphatic carbocycles. The highest BCUT2D eigenvalue weighted by atomic mass is 35.5. The summed E-state index contributed by atoms with van der Waals surface area (Å²) in [4.78, 5) is 22.7. The van der Waals surface area contributed by atoms with Crippen LogP contribution in [-0.2, 0) is 9.47 Å². The number of halogens is 1. The third-order valence-electron chi connectivity index (χ3n) is 1.94. The second-order valence-corrected chi connectivity index (χ2v) is 6.61. The average molecular weight is 340 g/mol. The van der Waals surface area contributed by atoms with Crippen molar-refractivity contribution < 1.29 is 19.1 Å². The first-order valence-corrected chi connectivity index (χ1v) is 7.14. The summed E-state index contributed by atoms with van der Waals surface area (Å²) < 4.78 is 10.2. The van der Waals surface area contributed by atoms with Gasteiger partial charge in [0.25, 0.3) is 0 Å². The highest BCUT2D eigenvalue weighted by molar-refractivity contribution is 5.85. The van der Waals surface area contributed by atoms with Crippen LogP contribution in [0, 0.1) is 0 Å². The predicted molar refractivity (Wildman–Crippen MR) is 88.6 cm³/mol. The molecule has 0 fully saturated rings. The fourth-order valence-electron chi connectivity index (χ4n) is 1.26. The van der Waals surface area contributed by atoms with E-state index in [2.05, 4.69) is 16.0 Å².